The molecule has 0 aromatic carbocycles. The van der Waals surface area contributed by atoms with Gasteiger partial charge in [0.05, 0.1) is 25.3 Å². The van der Waals surface area contributed by atoms with Gasteiger partial charge >= 0.3 is 5.97 Å². The fourth-order valence-corrected chi connectivity index (χ4v) is 2.39. The average Bonchev–Trinajstić information content (AvgIpc) is 2.26. The second-order valence-electron chi connectivity index (χ2n) is 5.16. The SMILES string of the molecule is CCCN(CC(=O)O)CC(=O)N1CC(C)OC(C)C1.Cl. The molecule has 1 saturated heterocycles. The Balaban J connectivity index is 0.00000361. The van der Waals surface area contributed by atoms with Crippen molar-refractivity contribution in [2.45, 2.75) is 39.4 Å². The van der Waals surface area contributed by atoms with Gasteiger partial charge in [-0.1, -0.05) is 6.92 Å². The van der Waals surface area contributed by atoms with Crippen LogP contribution in [0.15, 0.2) is 0 Å². The molecule has 1 fully saturated rings. The minimum absolute atomic E-state index is 0. The van der Waals surface area contributed by atoms with E-state index in [1.165, 1.54) is 0 Å². The number of hydrogen-bond donors (Lipinski definition) is 1. The molecule has 20 heavy (non-hydrogen) atoms. The quantitative estimate of drug-likeness (QED) is 0.787. The van der Waals surface area contributed by atoms with Crippen molar-refractivity contribution < 1.29 is 19.4 Å². The average molecular weight is 309 g/mol. The maximum atomic E-state index is 12.2. The highest BCUT2D eigenvalue weighted by Gasteiger charge is 2.27. The van der Waals surface area contributed by atoms with Crippen LogP contribution in [0, 0.1) is 0 Å². The van der Waals surface area contributed by atoms with E-state index in [0.29, 0.717) is 19.6 Å². The van der Waals surface area contributed by atoms with Crippen LogP contribution in [-0.4, -0.2) is 71.7 Å². The van der Waals surface area contributed by atoms with E-state index in [0.717, 1.165) is 6.42 Å². The Morgan fingerprint density at radius 2 is 1.80 bits per heavy atom. The number of carbonyl (C=O) groups is 2. The molecule has 1 heterocycles. The third kappa shape index (κ3) is 6.54. The van der Waals surface area contributed by atoms with Gasteiger partial charge in [0, 0.05) is 13.1 Å². The number of hydrogen-bond acceptors (Lipinski definition) is 4. The predicted octanol–water partition coefficient (Wildman–Crippen LogP) is 0.841. The van der Waals surface area contributed by atoms with Gasteiger partial charge in [-0.2, -0.15) is 0 Å². The van der Waals surface area contributed by atoms with Gasteiger partial charge in [0.2, 0.25) is 5.91 Å². The topological polar surface area (TPSA) is 70.1 Å². The van der Waals surface area contributed by atoms with E-state index in [2.05, 4.69) is 0 Å². The van der Waals surface area contributed by atoms with Crippen LogP contribution in [-0.2, 0) is 14.3 Å². The summed E-state index contributed by atoms with van der Waals surface area (Å²) in [6, 6.07) is 0. The van der Waals surface area contributed by atoms with E-state index >= 15 is 0 Å². The Bertz CT molecular complexity index is 317. The number of halogens is 1. The number of nitrogens with zero attached hydrogens (tertiary/aromatic N) is 2. The summed E-state index contributed by atoms with van der Waals surface area (Å²) < 4.78 is 5.58. The van der Waals surface area contributed by atoms with Crippen LogP contribution < -0.4 is 0 Å². The van der Waals surface area contributed by atoms with E-state index in [9.17, 15) is 9.59 Å². The molecule has 0 saturated carbocycles. The third-order valence-electron chi connectivity index (χ3n) is 3.03. The summed E-state index contributed by atoms with van der Waals surface area (Å²) in [7, 11) is 0. The smallest absolute Gasteiger partial charge is 0.317 e. The molecule has 0 radical (unpaired) electrons. The second kappa shape index (κ2) is 9.15. The van der Waals surface area contributed by atoms with E-state index in [1.54, 1.807) is 9.80 Å². The maximum Gasteiger partial charge on any atom is 0.317 e. The Hall–Kier alpha value is -0.850. The highest BCUT2D eigenvalue weighted by atomic mass is 35.5. The summed E-state index contributed by atoms with van der Waals surface area (Å²) in [5, 5.41) is 8.83. The van der Waals surface area contributed by atoms with Crippen molar-refractivity contribution in [2.24, 2.45) is 0 Å². The summed E-state index contributed by atoms with van der Waals surface area (Å²) in [6.45, 7) is 7.71. The second-order valence-corrected chi connectivity index (χ2v) is 5.16. The summed E-state index contributed by atoms with van der Waals surface area (Å²) >= 11 is 0. The van der Waals surface area contributed by atoms with Crippen molar-refractivity contribution in [2.75, 3.05) is 32.7 Å². The van der Waals surface area contributed by atoms with Gasteiger partial charge in [0.25, 0.3) is 0 Å². The molecule has 0 aromatic heterocycles. The van der Waals surface area contributed by atoms with Gasteiger partial charge < -0.3 is 14.7 Å². The number of amides is 1. The maximum absolute atomic E-state index is 12.2. The van der Waals surface area contributed by atoms with Gasteiger partial charge in [-0.05, 0) is 26.8 Å². The molecule has 2 atom stereocenters. The molecule has 0 spiro atoms. The van der Waals surface area contributed by atoms with Gasteiger partial charge in [-0.15, -0.1) is 12.4 Å². The zero-order valence-corrected chi connectivity index (χ0v) is 13.2. The van der Waals surface area contributed by atoms with Crippen molar-refractivity contribution in [3.05, 3.63) is 0 Å². The van der Waals surface area contributed by atoms with E-state index in [1.807, 2.05) is 20.8 Å². The molecular weight excluding hydrogens is 284 g/mol. The Morgan fingerprint density at radius 3 is 2.25 bits per heavy atom. The monoisotopic (exact) mass is 308 g/mol. The van der Waals surface area contributed by atoms with Gasteiger partial charge in [-0.3, -0.25) is 14.5 Å². The van der Waals surface area contributed by atoms with Crippen LogP contribution in [0.1, 0.15) is 27.2 Å². The lowest BCUT2D eigenvalue weighted by atomic mass is 10.2. The first-order chi connectivity index (χ1) is 8.92. The summed E-state index contributed by atoms with van der Waals surface area (Å²) in [6.07, 6.45) is 0.898. The van der Waals surface area contributed by atoms with E-state index in [-0.39, 0.29) is 43.6 Å². The summed E-state index contributed by atoms with van der Waals surface area (Å²) in [4.78, 5) is 26.4. The lowest BCUT2D eigenvalue weighted by molar-refractivity contribution is -0.145. The predicted molar refractivity (Wildman–Crippen MR) is 78.2 cm³/mol. The first kappa shape index (κ1) is 19.1. The lowest BCUT2D eigenvalue weighted by Gasteiger charge is -2.36. The molecule has 0 bridgehead atoms. The van der Waals surface area contributed by atoms with Crippen LogP contribution in [0.25, 0.3) is 0 Å². The van der Waals surface area contributed by atoms with Crippen LogP contribution in [0.5, 0.6) is 0 Å². The highest BCUT2D eigenvalue weighted by Crippen LogP contribution is 2.11. The number of carboxylic acid groups (broad SMARTS) is 1. The van der Waals surface area contributed by atoms with Gasteiger partial charge in [0.15, 0.2) is 0 Å². The third-order valence-corrected chi connectivity index (χ3v) is 3.03. The highest BCUT2D eigenvalue weighted by molar-refractivity contribution is 5.85. The van der Waals surface area contributed by atoms with Crippen molar-refractivity contribution in [1.82, 2.24) is 9.80 Å². The van der Waals surface area contributed by atoms with Crippen molar-refractivity contribution in [3.8, 4) is 0 Å². The Morgan fingerprint density at radius 1 is 1.25 bits per heavy atom. The van der Waals surface area contributed by atoms with Crippen LogP contribution in [0.4, 0.5) is 0 Å². The van der Waals surface area contributed by atoms with Crippen molar-refractivity contribution in [1.29, 1.82) is 0 Å². The fraction of sp³-hybridized carbons (Fsp3) is 0.846. The van der Waals surface area contributed by atoms with E-state index < -0.39 is 5.97 Å². The molecule has 0 aromatic rings. The molecule has 1 N–H and O–H groups in total. The number of rotatable bonds is 6. The number of ether oxygens (including phenoxy) is 1. The zero-order valence-electron chi connectivity index (χ0n) is 12.4. The van der Waals surface area contributed by atoms with Gasteiger partial charge in [0.1, 0.15) is 0 Å². The zero-order chi connectivity index (χ0) is 14.4. The molecule has 6 nitrogen and oxygen atoms in total. The minimum Gasteiger partial charge on any atom is -0.480 e. The number of carbonyl (C=O) groups excluding carboxylic acids is 1. The summed E-state index contributed by atoms with van der Waals surface area (Å²) in [5.41, 5.74) is 0. The molecule has 1 rings (SSSR count). The molecule has 2 unspecified atom stereocenters. The normalized spacial score (nSPS) is 22.5. The molecular formula is C13H25ClN2O4. The van der Waals surface area contributed by atoms with Crippen molar-refractivity contribution >= 4 is 24.3 Å². The number of aliphatic carboxylic acids is 1. The van der Waals surface area contributed by atoms with Crippen molar-refractivity contribution in [3.63, 3.8) is 0 Å². The Labute approximate surface area is 126 Å². The van der Waals surface area contributed by atoms with Gasteiger partial charge in [-0.25, -0.2) is 0 Å². The Kier molecular flexibility index (Phi) is 8.76. The largest absolute Gasteiger partial charge is 0.480 e. The molecule has 1 amide bonds. The minimum atomic E-state index is -0.898. The van der Waals surface area contributed by atoms with Crippen LogP contribution in [0.3, 0.4) is 0 Å². The first-order valence-corrected chi connectivity index (χ1v) is 6.79. The molecule has 0 aliphatic carbocycles. The van der Waals surface area contributed by atoms with E-state index in [4.69, 9.17) is 9.84 Å². The fourth-order valence-electron chi connectivity index (χ4n) is 2.39. The molecule has 118 valence electrons. The standard InChI is InChI=1S/C13H24N2O4.ClH/c1-4-5-14(9-13(17)18)8-12(16)15-6-10(2)19-11(3)7-15;/h10-11H,4-9H2,1-3H3,(H,17,18);1H. The lowest BCUT2D eigenvalue weighted by Crippen LogP contribution is -2.51. The van der Waals surface area contributed by atoms with Crippen LogP contribution in [0.2, 0.25) is 0 Å². The first-order valence-electron chi connectivity index (χ1n) is 6.79. The molecule has 7 heteroatoms. The molecule has 1 aliphatic rings. The number of carboxylic acids is 1. The number of morpholine rings is 1. The summed E-state index contributed by atoms with van der Waals surface area (Å²) in [5.74, 6) is -0.915. The molecule has 1 aliphatic heterocycles. The van der Waals surface area contributed by atoms with Crippen LogP contribution >= 0.6 is 12.4 Å².